The first-order chi connectivity index (χ1) is 4.66. The lowest BCUT2D eigenvalue weighted by molar-refractivity contribution is -0.137. The molecule has 0 aromatic heterocycles. The maximum Gasteiger partial charge on any atom is 0.303 e. The van der Waals surface area contributed by atoms with Gasteiger partial charge in [-0.3, -0.25) is 4.79 Å². The predicted molar refractivity (Wildman–Crippen MR) is 35.5 cm³/mol. The van der Waals surface area contributed by atoms with E-state index >= 15 is 0 Å². The minimum absolute atomic E-state index is 0.0367. The van der Waals surface area contributed by atoms with Gasteiger partial charge in [-0.1, -0.05) is 0 Å². The van der Waals surface area contributed by atoms with E-state index in [1.807, 2.05) is 0 Å². The summed E-state index contributed by atoms with van der Waals surface area (Å²) < 4.78 is 0. The minimum atomic E-state index is -0.874. The molecule has 0 heterocycles. The lowest BCUT2D eigenvalue weighted by Gasteiger charge is -2.03. The molecule has 0 aromatic rings. The summed E-state index contributed by atoms with van der Waals surface area (Å²) in [5, 5.41) is 8.19. The van der Waals surface area contributed by atoms with Crippen LogP contribution in [0.15, 0.2) is 0 Å². The van der Waals surface area contributed by atoms with E-state index in [1.54, 1.807) is 0 Å². The van der Waals surface area contributed by atoms with Gasteiger partial charge in [0, 0.05) is 18.9 Å². The normalized spacial score (nSPS) is 12.5. The van der Waals surface area contributed by atoms with Crippen molar-refractivity contribution in [3.63, 3.8) is 0 Å². The van der Waals surface area contributed by atoms with Crippen molar-refractivity contribution in [1.29, 1.82) is 0 Å². The fourth-order valence-electron chi connectivity index (χ4n) is 0.550. The van der Waals surface area contributed by atoms with Gasteiger partial charge in [-0.15, -0.1) is 0 Å². The Bertz CT molecular complexity index is 124. The molecule has 0 aliphatic heterocycles. The molecule has 0 saturated heterocycles. The van der Waals surface area contributed by atoms with Gasteiger partial charge < -0.3 is 15.6 Å². The van der Waals surface area contributed by atoms with E-state index in [9.17, 15) is 9.59 Å². The zero-order valence-corrected chi connectivity index (χ0v) is 5.62. The van der Waals surface area contributed by atoms with Gasteiger partial charge in [0.25, 0.3) is 0 Å². The van der Waals surface area contributed by atoms with Crippen LogP contribution in [0.1, 0.15) is 19.3 Å². The van der Waals surface area contributed by atoms with E-state index in [1.165, 1.54) is 0 Å². The van der Waals surface area contributed by atoms with E-state index in [4.69, 9.17) is 10.8 Å². The summed E-state index contributed by atoms with van der Waals surface area (Å²) in [4.78, 5) is 19.8. The summed E-state index contributed by atoms with van der Waals surface area (Å²) in [5.41, 5.74) is 5.34. The third-order valence-corrected chi connectivity index (χ3v) is 1.13. The monoisotopic (exact) mass is 145 g/mol. The van der Waals surface area contributed by atoms with Gasteiger partial charge in [-0.25, -0.2) is 0 Å². The van der Waals surface area contributed by atoms with Crippen molar-refractivity contribution < 1.29 is 14.7 Å². The van der Waals surface area contributed by atoms with Crippen LogP contribution in [0.5, 0.6) is 0 Å². The molecule has 3 N–H and O–H groups in total. The van der Waals surface area contributed by atoms with Crippen molar-refractivity contribution in [1.82, 2.24) is 0 Å². The van der Waals surface area contributed by atoms with Crippen LogP contribution in [0.25, 0.3) is 0 Å². The number of hydrogen-bond donors (Lipinski definition) is 2. The third-order valence-electron chi connectivity index (χ3n) is 1.13. The van der Waals surface area contributed by atoms with Crippen LogP contribution in [0.3, 0.4) is 0 Å². The highest BCUT2D eigenvalue weighted by Gasteiger charge is 2.03. The third kappa shape index (κ3) is 5.24. The highest BCUT2D eigenvalue weighted by Crippen LogP contribution is 1.96. The van der Waals surface area contributed by atoms with Crippen molar-refractivity contribution in [2.24, 2.45) is 5.73 Å². The molecule has 4 nitrogen and oxygen atoms in total. The largest absolute Gasteiger partial charge is 0.481 e. The van der Waals surface area contributed by atoms with Crippen molar-refractivity contribution in [3.05, 3.63) is 0 Å². The molecular formula is C6H11NO3. The molecule has 1 atom stereocenters. The smallest absolute Gasteiger partial charge is 0.303 e. The molecule has 0 fully saturated rings. The molecular weight excluding hydrogens is 134 g/mol. The van der Waals surface area contributed by atoms with E-state index < -0.39 is 5.97 Å². The maximum absolute atomic E-state index is 9.96. The molecule has 0 aliphatic rings. The molecule has 0 saturated carbocycles. The highest BCUT2D eigenvalue weighted by molar-refractivity contribution is 5.66. The Labute approximate surface area is 59.0 Å². The fraction of sp³-hybridized carbons (Fsp3) is 0.667. The van der Waals surface area contributed by atoms with Crippen molar-refractivity contribution in [2.75, 3.05) is 0 Å². The van der Waals surface area contributed by atoms with Crippen LogP contribution in [0.2, 0.25) is 0 Å². The second kappa shape index (κ2) is 4.93. The molecule has 0 aliphatic carbocycles. The number of hydrogen-bond acceptors (Lipinski definition) is 3. The standard InChI is InChI=1S/C6H11NO3/c7-5(3-4-8)1-2-6(9)10/h4-5H,1-3,7H2,(H,9,10). The Morgan fingerprint density at radius 2 is 2.30 bits per heavy atom. The van der Waals surface area contributed by atoms with Gasteiger partial charge >= 0.3 is 5.97 Å². The summed E-state index contributed by atoms with van der Waals surface area (Å²) in [6.07, 6.45) is 1.35. The first-order valence-electron chi connectivity index (χ1n) is 3.08. The SMILES string of the molecule is NC(CC=O)CCC(=O)O. The molecule has 58 valence electrons. The topological polar surface area (TPSA) is 80.4 Å². The molecule has 0 bridgehead atoms. The molecule has 0 amide bonds. The van der Waals surface area contributed by atoms with E-state index in [0.29, 0.717) is 12.7 Å². The minimum Gasteiger partial charge on any atom is -0.481 e. The number of aliphatic carboxylic acids is 1. The van der Waals surface area contributed by atoms with E-state index in [2.05, 4.69) is 0 Å². The quantitative estimate of drug-likeness (QED) is 0.523. The second-order valence-electron chi connectivity index (χ2n) is 2.09. The van der Waals surface area contributed by atoms with E-state index in [0.717, 1.165) is 0 Å². The van der Waals surface area contributed by atoms with Gasteiger partial charge in [-0.2, -0.15) is 0 Å². The molecule has 0 radical (unpaired) electrons. The van der Waals surface area contributed by atoms with Crippen LogP contribution in [0, 0.1) is 0 Å². The summed E-state index contributed by atoms with van der Waals surface area (Å²) in [7, 11) is 0. The molecule has 10 heavy (non-hydrogen) atoms. The number of carboxylic acid groups (broad SMARTS) is 1. The average molecular weight is 145 g/mol. The molecule has 4 heteroatoms. The Morgan fingerprint density at radius 1 is 1.70 bits per heavy atom. The average Bonchev–Trinajstić information content (AvgIpc) is 1.85. The first-order valence-corrected chi connectivity index (χ1v) is 3.08. The van der Waals surface area contributed by atoms with Crippen LogP contribution in [-0.4, -0.2) is 23.4 Å². The summed E-state index contributed by atoms with van der Waals surface area (Å²) in [6.45, 7) is 0. The number of carbonyl (C=O) groups is 2. The van der Waals surface area contributed by atoms with Gasteiger partial charge in [0.15, 0.2) is 0 Å². The number of aldehydes is 1. The van der Waals surface area contributed by atoms with Crippen LogP contribution in [-0.2, 0) is 9.59 Å². The van der Waals surface area contributed by atoms with Gasteiger partial charge in [0.05, 0.1) is 0 Å². The number of nitrogens with two attached hydrogens (primary N) is 1. The fourth-order valence-corrected chi connectivity index (χ4v) is 0.550. The summed E-state index contributed by atoms with van der Waals surface area (Å²) in [5.74, 6) is -0.874. The van der Waals surface area contributed by atoms with Crippen LogP contribution < -0.4 is 5.73 Å². The molecule has 0 aromatic carbocycles. The lowest BCUT2D eigenvalue weighted by atomic mass is 10.1. The molecule has 1 unspecified atom stereocenters. The van der Waals surface area contributed by atoms with Gasteiger partial charge in [0.1, 0.15) is 6.29 Å². The van der Waals surface area contributed by atoms with Crippen LogP contribution in [0.4, 0.5) is 0 Å². The second-order valence-corrected chi connectivity index (χ2v) is 2.09. The highest BCUT2D eigenvalue weighted by atomic mass is 16.4. The Balaban J connectivity index is 3.29. The Hall–Kier alpha value is -0.900. The van der Waals surface area contributed by atoms with Crippen molar-refractivity contribution in [3.8, 4) is 0 Å². The zero-order valence-electron chi connectivity index (χ0n) is 5.62. The number of carbonyl (C=O) groups excluding carboxylic acids is 1. The van der Waals surface area contributed by atoms with E-state index in [-0.39, 0.29) is 18.9 Å². The Morgan fingerprint density at radius 3 is 2.70 bits per heavy atom. The Kier molecular flexibility index (Phi) is 4.49. The maximum atomic E-state index is 9.96. The zero-order chi connectivity index (χ0) is 7.98. The number of carboxylic acids is 1. The molecule has 0 rings (SSSR count). The first kappa shape index (κ1) is 9.10. The summed E-state index contributed by atoms with van der Waals surface area (Å²) in [6, 6.07) is -0.298. The van der Waals surface area contributed by atoms with Crippen LogP contribution >= 0.6 is 0 Å². The van der Waals surface area contributed by atoms with Gasteiger partial charge in [0.2, 0.25) is 0 Å². The molecule has 0 spiro atoms. The summed E-state index contributed by atoms with van der Waals surface area (Å²) >= 11 is 0. The van der Waals surface area contributed by atoms with Crippen molar-refractivity contribution >= 4 is 12.3 Å². The van der Waals surface area contributed by atoms with Gasteiger partial charge in [-0.05, 0) is 6.42 Å². The predicted octanol–water partition coefficient (Wildman–Crippen LogP) is -0.233. The lowest BCUT2D eigenvalue weighted by Crippen LogP contribution is -2.21. The number of rotatable bonds is 5. The van der Waals surface area contributed by atoms with Crippen molar-refractivity contribution in [2.45, 2.75) is 25.3 Å².